The minimum Gasteiger partial charge on any atom is -0.465 e. The largest absolute Gasteiger partial charge is 0.465 e. The molecule has 0 spiro atoms. The molecule has 2 aromatic rings. The van der Waals surface area contributed by atoms with Crippen LogP contribution < -0.4 is 0 Å². The summed E-state index contributed by atoms with van der Waals surface area (Å²) in [5, 5.41) is 7.29. The van der Waals surface area contributed by atoms with Gasteiger partial charge >= 0.3 is 5.97 Å². The average molecular weight is 249 g/mol. The second kappa shape index (κ2) is 5.49. The highest BCUT2D eigenvalue weighted by Gasteiger charge is 2.06. The molecule has 1 N–H and O–H groups in total. The normalized spacial score (nSPS) is 10.2. The molecule has 2 rings (SSSR count). The summed E-state index contributed by atoms with van der Waals surface area (Å²) in [5.41, 5.74) is 1.59. The highest BCUT2D eigenvalue weighted by Crippen LogP contribution is 2.19. The van der Waals surface area contributed by atoms with Crippen LogP contribution in [0.5, 0.6) is 0 Å². The Kier molecular flexibility index (Phi) is 3.77. The Morgan fingerprint density at radius 3 is 3.12 bits per heavy atom. The molecule has 6 heteroatoms. The number of nitrogens with zero attached hydrogens (tertiary/aromatic N) is 2. The van der Waals surface area contributed by atoms with Crippen molar-refractivity contribution in [2.24, 2.45) is 0 Å². The average Bonchev–Trinajstić information content (AvgIpc) is 2.89. The predicted molar refractivity (Wildman–Crippen MR) is 63.7 cm³/mol. The van der Waals surface area contributed by atoms with E-state index < -0.39 is 0 Å². The minimum atomic E-state index is -0.323. The molecule has 0 unspecified atom stereocenters. The van der Waals surface area contributed by atoms with Gasteiger partial charge in [0.05, 0.1) is 12.7 Å². The van der Waals surface area contributed by atoms with Gasteiger partial charge in [-0.15, -0.1) is 0 Å². The van der Waals surface area contributed by atoms with Crippen LogP contribution in [0.25, 0.3) is 0 Å². The molecule has 0 bridgehead atoms. The summed E-state index contributed by atoms with van der Waals surface area (Å²) in [4.78, 5) is 15.4. The maximum Gasteiger partial charge on any atom is 0.337 e. The number of aromatic nitrogens is 3. The van der Waals surface area contributed by atoms with Gasteiger partial charge in [-0.2, -0.15) is 5.10 Å². The van der Waals surface area contributed by atoms with Crippen molar-refractivity contribution in [1.29, 1.82) is 0 Å². The first-order valence-electron chi connectivity index (χ1n) is 4.95. The van der Waals surface area contributed by atoms with Crippen LogP contribution >= 0.6 is 11.8 Å². The van der Waals surface area contributed by atoms with E-state index in [1.54, 1.807) is 6.07 Å². The van der Waals surface area contributed by atoms with Crippen LogP contribution in [0.1, 0.15) is 15.9 Å². The molecule has 0 saturated heterocycles. The van der Waals surface area contributed by atoms with Gasteiger partial charge in [-0.1, -0.05) is 23.9 Å². The number of rotatable bonds is 4. The molecular formula is C11H11N3O2S. The quantitative estimate of drug-likeness (QED) is 0.662. The number of carbonyl (C=O) groups is 1. The Bertz CT molecular complexity index is 499. The van der Waals surface area contributed by atoms with Gasteiger partial charge in [0.25, 0.3) is 0 Å². The third kappa shape index (κ3) is 3.07. The van der Waals surface area contributed by atoms with Crippen LogP contribution in [0.4, 0.5) is 0 Å². The van der Waals surface area contributed by atoms with Gasteiger partial charge in [0.1, 0.15) is 6.33 Å². The maximum atomic E-state index is 11.3. The number of benzene rings is 1. The molecule has 0 aliphatic rings. The Hall–Kier alpha value is -1.82. The second-order valence-electron chi connectivity index (χ2n) is 3.27. The van der Waals surface area contributed by atoms with Crippen LogP contribution in [-0.4, -0.2) is 28.3 Å². The van der Waals surface area contributed by atoms with E-state index in [1.165, 1.54) is 25.2 Å². The van der Waals surface area contributed by atoms with Crippen molar-refractivity contribution >= 4 is 17.7 Å². The highest BCUT2D eigenvalue weighted by atomic mass is 32.2. The van der Waals surface area contributed by atoms with Gasteiger partial charge in [-0.25, -0.2) is 9.78 Å². The predicted octanol–water partition coefficient (Wildman–Crippen LogP) is 1.88. The number of hydrogen-bond acceptors (Lipinski definition) is 5. The number of hydrogen-bond donors (Lipinski definition) is 1. The molecule has 88 valence electrons. The summed E-state index contributed by atoms with van der Waals surface area (Å²) >= 11 is 1.53. The lowest BCUT2D eigenvalue weighted by atomic mass is 10.1. The summed E-state index contributed by atoms with van der Waals surface area (Å²) in [6, 6.07) is 7.34. The van der Waals surface area contributed by atoms with Crippen LogP contribution in [0.15, 0.2) is 35.7 Å². The Morgan fingerprint density at radius 2 is 2.41 bits per heavy atom. The van der Waals surface area contributed by atoms with E-state index in [4.69, 9.17) is 0 Å². The van der Waals surface area contributed by atoms with Crippen molar-refractivity contribution < 1.29 is 9.53 Å². The zero-order valence-corrected chi connectivity index (χ0v) is 10.0. The van der Waals surface area contributed by atoms with Crippen molar-refractivity contribution in [3.63, 3.8) is 0 Å². The van der Waals surface area contributed by atoms with E-state index in [9.17, 15) is 4.79 Å². The molecule has 0 atom stereocenters. The van der Waals surface area contributed by atoms with Gasteiger partial charge in [-0.3, -0.25) is 5.10 Å². The lowest BCUT2D eigenvalue weighted by molar-refractivity contribution is 0.0600. The maximum absolute atomic E-state index is 11.3. The van der Waals surface area contributed by atoms with E-state index in [1.807, 2.05) is 18.2 Å². The van der Waals surface area contributed by atoms with Crippen LogP contribution in [0.2, 0.25) is 0 Å². The number of aromatic amines is 1. The molecule has 0 fully saturated rings. The van der Waals surface area contributed by atoms with Crippen LogP contribution in [0.3, 0.4) is 0 Å². The summed E-state index contributed by atoms with van der Waals surface area (Å²) in [6.07, 6.45) is 1.47. The summed E-state index contributed by atoms with van der Waals surface area (Å²) in [5.74, 6) is 0.400. The molecule has 1 aromatic heterocycles. The molecule has 0 saturated carbocycles. The molecule has 0 amide bonds. The SMILES string of the molecule is COC(=O)c1cccc(CSc2ncn[nH]2)c1. The van der Waals surface area contributed by atoms with Crippen LogP contribution in [-0.2, 0) is 10.5 Å². The number of methoxy groups -OCH3 is 1. The molecular weight excluding hydrogens is 238 g/mol. The third-order valence-electron chi connectivity index (χ3n) is 2.12. The minimum absolute atomic E-state index is 0.323. The molecule has 1 heterocycles. The number of carbonyl (C=O) groups excluding carboxylic acids is 1. The van der Waals surface area contributed by atoms with Gasteiger partial charge in [0.15, 0.2) is 5.16 Å². The van der Waals surface area contributed by atoms with Crippen molar-refractivity contribution in [3.05, 3.63) is 41.7 Å². The highest BCUT2D eigenvalue weighted by molar-refractivity contribution is 7.98. The number of H-pyrrole nitrogens is 1. The first-order valence-corrected chi connectivity index (χ1v) is 5.93. The fourth-order valence-corrected chi connectivity index (χ4v) is 2.04. The zero-order chi connectivity index (χ0) is 12.1. The fourth-order valence-electron chi connectivity index (χ4n) is 1.32. The molecule has 0 radical (unpaired) electrons. The first-order chi connectivity index (χ1) is 8.29. The standard InChI is InChI=1S/C11H11N3O2S/c1-16-10(15)9-4-2-3-8(5-9)6-17-11-12-7-13-14-11/h2-5,7H,6H2,1H3,(H,12,13,14). The smallest absolute Gasteiger partial charge is 0.337 e. The van der Waals surface area contributed by atoms with Crippen molar-refractivity contribution in [2.75, 3.05) is 7.11 Å². The van der Waals surface area contributed by atoms with Gasteiger partial charge < -0.3 is 4.74 Å². The summed E-state index contributed by atoms with van der Waals surface area (Å²) in [6.45, 7) is 0. The van der Waals surface area contributed by atoms with Crippen LogP contribution in [0, 0.1) is 0 Å². The van der Waals surface area contributed by atoms with E-state index in [-0.39, 0.29) is 5.97 Å². The van der Waals surface area contributed by atoms with Crippen molar-refractivity contribution in [3.8, 4) is 0 Å². The zero-order valence-electron chi connectivity index (χ0n) is 9.21. The van der Waals surface area contributed by atoms with E-state index >= 15 is 0 Å². The molecule has 0 aliphatic carbocycles. The molecule has 17 heavy (non-hydrogen) atoms. The van der Waals surface area contributed by atoms with Gasteiger partial charge in [-0.05, 0) is 17.7 Å². The molecule has 1 aromatic carbocycles. The monoisotopic (exact) mass is 249 g/mol. The Morgan fingerprint density at radius 1 is 1.53 bits per heavy atom. The number of nitrogens with one attached hydrogen (secondary N) is 1. The number of thioether (sulfide) groups is 1. The number of ether oxygens (including phenoxy) is 1. The first kappa shape index (κ1) is 11.7. The lowest BCUT2D eigenvalue weighted by Crippen LogP contribution is -2.01. The fraction of sp³-hybridized carbons (Fsp3) is 0.182. The molecule has 0 aliphatic heterocycles. The van der Waals surface area contributed by atoms with E-state index in [2.05, 4.69) is 19.9 Å². The van der Waals surface area contributed by atoms with Gasteiger partial charge in [0, 0.05) is 5.75 Å². The molecule has 5 nitrogen and oxygen atoms in total. The van der Waals surface area contributed by atoms with E-state index in [0.717, 1.165) is 16.5 Å². The summed E-state index contributed by atoms with van der Waals surface area (Å²) in [7, 11) is 1.37. The lowest BCUT2D eigenvalue weighted by Gasteiger charge is -2.02. The summed E-state index contributed by atoms with van der Waals surface area (Å²) < 4.78 is 4.67. The van der Waals surface area contributed by atoms with Crippen molar-refractivity contribution in [2.45, 2.75) is 10.9 Å². The van der Waals surface area contributed by atoms with Gasteiger partial charge in [0.2, 0.25) is 0 Å². The van der Waals surface area contributed by atoms with E-state index in [0.29, 0.717) is 5.56 Å². The number of esters is 1. The Labute approximate surface area is 103 Å². The third-order valence-corrected chi connectivity index (χ3v) is 3.06. The second-order valence-corrected chi connectivity index (χ2v) is 4.24. The van der Waals surface area contributed by atoms with Crippen molar-refractivity contribution in [1.82, 2.24) is 15.2 Å². The Balaban J connectivity index is 2.03. The topological polar surface area (TPSA) is 67.9 Å².